The van der Waals surface area contributed by atoms with Crippen LogP contribution in [-0.2, 0) is 4.79 Å². The average molecular weight is 177 g/mol. The van der Waals surface area contributed by atoms with Crippen molar-refractivity contribution < 1.29 is 20.1 Å². The molecular formula is C7H15NO4. The Hall–Kier alpha value is -0.650. The number of aliphatic hydroxyl groups excluding tert-OH is 3. The van der Waals surface area contributed by atoms with Crippen LogP contribution in [0.5, 0.6) is 0 Å². The van der Waals surface area contributed by atoms with Gasteiger partial charge in [0.2, 0.25) is 5.91 Å². The molecule has 5 heteroatoms. The summed E-state index contributed by atoms with van der Waals surface area (Å²) in [7, 11) is 0. The number of hydrogen-bond donors (Lipinski definition) is 4. The molecule has 12 heavy (non-hydrogen) atoms. The highest BCUT2D eigenvalue weighted by Gasteiger charge is 2.29. The summed E-state index contributed by atoms with van der Waals surface area (Å²) in [6.07, 6.45) is 0.252. The first-order valence-electron chi connectivity index (χ1n) is 3.77. The Morgan fingerprint density at radius 3 is 1.92 bits per heavy atom. The lowest BCUT2D eigenvalue weighted by Gasteiger charge is -2.28. The summed E-state index contributed by atoms with van der Waals surface area (Å²) in [5.74, 6) is -0.313. The third-order valence-electron chi connectivity index (χ3n) is 1.63. The van der Waals surface area contributed by atoms with Crippen LogP contribution < -0.4 is 5.32 Å². The number of carbonyl (C=O) groups excluding carboxylic acids is 1. The van der Waals surface area contributed by atoms with Gasteiger partial charge in [-0.15, -0.1) is 0 Å². The van der Waals surface area contributed by atoms with Crippen LogP contribution in [-0.4, -0.2) is 46.6 Å². The largest absolute Gasteiger partial charge is 0.394 e. The minimum absolute atomic E-state index is 0.252. The van der Waals surface area contributed by atoms with Crippen molar-refractivity contribution in [3.63, 3.8) is 0 Å². The number of nitrogens with one attached hydrogen (secondary N) is 1. The third-order valence-corrected chi connectivity index (χ3v) is 1.63. The maximum atomic E-state index is 10.9. The first-order chi connectivity index (χ1) is 5.64. The summed E-state index contributed by atoms with van der Waals surface area (Å²) in [5, 5.41) is 28.7. The van der Waals surface area contributed by atoms with Crippen LogP contribution in [0.4, 0.5) is 0 Å². The molecule has 0 aliphatic heterocycles. The van der Waals surface area contributed by atoms with Gasteiger partial charge in [0.05, 0.1) is 19.8 Å². The first-order valence-corrected chi connectivity index (χ1v) is 3.77. The molecule has 1 amide bonds. The first kappa shape index (κ1) is 11.4. The van der Waals surface area contributed by atoms with Crippen molar-refractivity contribution in [3.05, 3.63) is 0 Å². The van der Waals surface area contributed by atoms with E-state index in [1.165, 1.54) is 0 Å². The number of rotatable bonds is 5. The van der Waals surface area contributed by atoms with Crippen LogP contribution >= 0.6 is 0 Å². The highest BCUT2D eigenvalue weighted by molar-refractivity contribution is 5.76. The predicted molar refractivity (Wildman–Crippen MR) is 42.4 cm³/mol. The predicted octanol–water partition coefficient (Wildman–Crippen LogP) is -1.77. The van der Waals surface area contributed by atoms with Crippen LogP contribution in [0.25, 0.3) is 0 Å². The zero-order valence-electron chi connectivity index (χ0n) is 7.08. The second-order valence-electron chi connectivity index (χ2n) is 2.66. The lowest BCUT2D eigenvalue weighted by molar-refractivity contribution is -0.125. The molecule has 0 spiro atoms. The average Bonchev–Trinajstić information content (AvgIpc) is 2.14. The summed E-state index contributed by atoms with van der Waals surface area (Å²) >= 11 is 0. The van der Waals surface area contributed by atoms with E-state index in [9.17, 15) is 4.79 Å². The van der Waals surface area contributed by atoms with E-state index in [2.05, 4.69) is 5.32 Å². The molecule has 4 N–H and O–H groups in total. The molecule has 0 aromatic carbocycles. The molecule has 0 bridgehead atoms. The zero-order valence-corrected chi connectivity index (χ0v) is 7.08. The van der Waals surface area contributed by atoms with E-state index in [0.29, 0.717) is 0 Å². The molecule has 0 unspecified atom stereocenters. The fraction of sp³-hybridized carbons (Fsp3) is 0.857. The van der Waals surface area contributed by atoms with Gasteiger partial charge in [0.25, 0.3) is 0 Å². The molecular weight excluding hydrogens is 162 g/mol. The minimum Gasteiger partial charge on any atom is -0.394 e. The van der Waals surface area contributed by atoms with Crippen molar-refractivity contribution in [2.24, 2.45) is 0 Å². The second kappa shape index (κ2) is 5.08. The standard InChI is InChI=1S/C7H15NO4/c1-2-6(12)8-7(3-9,4-10)5-11/h9-11H,2-5H2,1H3,(H,8,12). The van der Waals surface area contributed by atoms with Crippen molar-refractivity contribution in [1.29, 1.82) is 0 Å². The molecule has 0 aliphatic carbocycles. The molecule has 0 saturated heterocycles. The number of hydrogen-bond acceptors (Lipinski definition) is 4. The molecule has 0 radical (unpaired) electrons. The quantitative estimate of drug-likeness (QED) is 0.400. The maximum Gasteiger partial charge on any atom is 0.220 e. The highest BCUT2D eigenvalue weighted by atomic mass is 16.3. The number of amides is 1. The van der Waals surface area contributed by atoms with E-state index < -0.39 is 25.4 Å². The Morgan fingerprint density at radius 2 is 1.67 bits per heavy atom. The topological polar surface area (TPSA) is 89.8 Å². The fourth-order valence-electron chi connectivity index (χ4n) is 0.653. The molecule has 0 rings (SSSR count). The van der Waals surface area contributed by atoms with E-state index in [-0.39, 0.29) is 12.3 Å². The van der Waals surface area contributed by atoms with Gasteiger partial charge in [-0.05, 0) is 0 Å². The zero-order chi connectivity index (χ0) is 9.61. The van der Waals surface area contributed by atoms with E-state index >= 15 is 0 Å². The Balaban J connectivity index is 4.19. The van der Waals surface area contributed by atoms with Gasteiger partial charge >= 0.3 is 0 Å². The molecule has 5 nitrogen and oxygen atoms in total. The van der Waals surface area contributed by atoms with E-state index in [1.807, 2.05) is 0 Å². The third kappa shape index (κ3) is 2.77. The molecule has 0 heterocycles. The van der Waals surface area contributed by atoms with Gasteiger partial charge in [-0.1, -0.05) is 6.92 Å². The van der Waals surface area contributed by atoms with Crippen molar-refractivity contribution in [2.45, 2.75) is 18.9 Å². The normalized spacial score (nSPS) is 11.3. The fourth-order valence-corrected chi connectivity index (χ4v) is 0.653. The summed E-state index contributed by atoms with van der Waals surface area (Å²) < 4.78 is 0. The van der Waals surface area contributed by atoms with Crippen LogP contribution in [0.1, 0.15) is 13.3 Å². The van der Waals surface area contributed by atoms with Gasteiger partial charge < -0.3 is 20.6 Å². The second-order valence-corrected chi connectivity index (χ2v) is 2.66. The molecule has 0 aromatic rings. The van der Waals surface area contributed by atoms with Gasteiger partial charge in [0.1, 0.15) is 5.54 Å². The lowest BCUT2D eigenvalue weighted by Crippen LogP contribution is -2.56. The molecule has 72 valence electrons. The monoisotopic (exact) mass is 177 g/mol. The summed E-state index contributed by atoms with van der Waals surface area (Å²) in [6, 6.07) is 0. The minimum atomic E-state index is -1.28. The molecule has 0 atom stereocenters. The Bertz CT molecular complexity index is 136. The van der Waals surface area contributed by atoms with Crippen molar-refractivity contribution in [2.75, 3.05) is 19.8 Å². The molecule has 0 aliphatic rings. The van der Waals surface area contributed by atoms with Gasteiger partial charge in [-0.3, -0.25) is 4.79 Å². The van der Waals surface area contributed by atoms with Gasteiger partial charge in [-0.2, -0.15) is 0 Å². The summed E-state index contributed by atoms with van der Waals surface area (Å²) in [4.78, 5) is 10.9. The SMILES string of the molecule is CCC(=O)NC(CO)(CO)CO. The van der Waals surface area contributed by atoms with Crippen molar-refractivity contribution in [3.8, 4) is 0 Å². The van der Waals surface area contributed by atoms with Crippen LogP contribution in [0.15, 0.2) is 0 Å². The maximum absolute atomic E-state index is 10.9. The number of carbonyl (C=O) groups is 1. The van der Waals surface area contributed by atoms with Gasteiger partial charge in [0.15, 0.2) is 0 Å². The van der Waals surface area contributed by atoms with Crippen molar-refractivity contribution >= 4 is 5.91 Å². The Labute approximate surface area is 71.0 Å². The highest BCUT2D eigenvalue weighted by Crippen LogP contribution is 2.01. The van der Waals surface area contributed by atoms with E-state index in [0.717, 1.165) is 0 Å². The smallest absolute Gasteiger partial charge is 0.220 e. The summed E-state index contributed by atoms with van der Waals surface area (Å²) in [6.45, 7) is 0.204. The lowest BCUT2D eigenvalue weighted by atomic mass is 10.0. The van der Waals surface area contributed by atoms with Crippen molar-refractivity contribution in [1.82, 2.24) is 5.32 Å². The van der Waals surface area contributed by atoms with Crippen LogP contribution in [0, 0.1) is 0 Å². The van der Waals surface area contributed by atoms with E-state index in [1.54, 1.807) is 6.92 Å². The van der Waals surface area contributed by atoms with Crippen LogP contribution in [0.3, 0.4) is 0 Å². The van der Waals surface area contributed by atoms with Crippen LogP contribution in [0.2, 0.25) is 0 Å². The Morgan fingerprint density at radius 1 is 1.25 bits per heavy atom. The number of aliphatic hydroxyl groups is 3. The molecule has 0 aromatic heterocycles. The van der Waals surface area contributed by atoms with E-state index in [4.69, 9.17) is 15.3 Å². The molecule has 0 fully saturated rings. The Kier molecular flexibility index (Phi) is 4.80. The van der Waals surface area contributed by atoms with Gasteiger partial charge in [-0.25, -0.2) is 0 Å². The molecule has 0 saturated carbocycles. The summed E-state index contributed by atoms with van der Waals surface area (Å²) in [5.41, 5.74) is -1.28. The van der Waals surface area contributed by atoms with Gasteiger partial charge in [0, 0.05) is 6.42 Å².